The van der Waals surface area contributed by atoms with E-state index in [0.717, 1.165) is 16.5 Å². The van der Waals surface area contributed by atoms with Gasteiger partial charge >= 0.3 is 6.09 Å². The van der Waals surface area contributed by atoms with E-state index < -0.39 is 11.0 Å². The highest BCUT2D eigenvalue weighted by atomic mass is 19.1. The van der Waals surface area contributed by atoms with Gasteiger partial charge in [0.15, 0.2) is 0 Å². The minimum atomic E-state index is -0.554. The third-order valence-electron chi connectivity index (χ3n) is 6.76. The number of aromatic nitrogens is 2. The van der Waals surface area contributed by atoms with Crippen LogP contribution in [0.3, 0.4) is 0 Å². The molecule has 1 aromatic heterocycles. The molecule has 0 saturated carbocycles. The summed E-state index contributed by atoms with van der Waals surface area (Å²) in [7, 11) is 0. The number of hydrogen-bond acceptors (Lipinski definition) is 4. The van der Waals surface area contributed by atoms with E-state index in [4.69, 9.17) is 14.7 Å². The molecule has 0 atom stereocenters. The summed E-state index contributed by atoms with van der Waals surface area (Å²) in [6, 6.07) is 24.6. The molecule has 0 spiro atoms. The van der Waals surface area contributed by atoms with E-state index >= 15 is 0 Å². The highest BCUT2D eigenvalue weighted by molar-refractivity contribution is 5.92. The Kier molecular flexibility index (Phi) is 6.20. The number of benzene rings is 3. The van der Waals surface area contributed by atoms with Crippen molar-refractivity contribution < 1.29 is 13.9 Å². The topological polar surface area (TPSA) is 55.3 Å². The number of rotatable bonds is 3. The number of hydrogen-bond donors (Lipinski definition) is 0. The van der Waals surface area contributed by atoms with Gasteiger partial charge in [0.2, 0.25) is 0 Å². The van der Waals surface area contributed by atoms with Crippen LogP contribution in [-0.2, 0) is 10.2 Å². The molecule has 0 unspecified atom stereocenters. The van der Waals surface area contributed by atoms with Crippen molar-refractivity contribution in [3.8, 4) is 11.3 Å². The van der Waals surface area contributed by atoms with Gasteiger partial charge in [-0.3, -0.25) is 0 Å². The van der Waals surface area contributed by atoms with Crippen molar-refractivity contribution in [1.82, 2.24) is 14.9 Å². The van der Waals surface area contributed by atoms with Crippen molar-refractivity contribution in [1.29, 1.82) is 0 Å². The monoisotopic (exact) mass is 483 g/mol. The number of halogens is 1. The zero-order chi connectivity index (χ0) is 25.3. The lowest BCUT2D eigenvalue weighted by molar-refractivity contribution is 0.0177. The van der Waals surface area contributed by atoms with Crippen molar-refractivity contribution in [3.05, 3.63) is 96.1 Å². The van der Waals surface area contributed by atoms with Crippen LogP contribution in [0.2, 0.25) is 0 Å². The van der Waals surface area contributed by atoms with Crippen LogP contribution in [0.4, 0.5) is 9.18 Å². The number of para-hydroxylation sites is 1. The number of likely N-dealkylation sites (tertiary alicyclic amines) is 1. The molecule has 1 amide bonds. The molecule has 1 aliphatic rings. The van der Waals surface area contributed by atoms with E-state index in [-0.39, 0.29) is 11.9 Å². The number of amides is 1. The predicted octanol–water partition coefficient (Wildman–Crippen LogP) is 6.75. The second-order valence-corrected chi connectivity index (χ2v) is 10.3. The van der Waals surface area contributed by atoms with Gasteiger partial charge in [0.05, 0.1) is 16.6 Å². The van der Waals surface area contributed by atoms with Crippen LogP contribution in [0.1, 0.15) is 45.0 Å². The number of fused-ring (bicyclic) bond motifs is 1. The molecule has 0 aliphatic carbocycles. The van der Waals surface area contributed by atoms with Crippen LogP contribution in [0.15, 0.2) is 78.9 Å². The number of carbonyl (C=O) groups excluding carboxylic acids is 1. The number of carbonyl (C=O) groups is 1. The van der Waals surface area contributed by atoms with Gasteiger partial charge in [-0.05, 0) is 57.4 Å². The summed E-state index contributed by atoms with van der Waals surface area (Å²) >= 11 is 0. The van der Waals surface area contributed by atoms with Crippen LogP contribution >= 0.6 is 0 Å². The van der Waals surface area contributed by atoms with Gasteiger partial charge in [-0.15, -0.1) is 0 Å². The molecule has 4 aromatic rings. The minimum Gasteiger partial charge on any atom is -0.444 e. The molecule has 1 fully saturated rings. The summed E-state index contributed by atoms with van der Waals surface area (Å²) in [5.74, 6) is 0.329. The SMILES string of the molecule is CC(C)(C)OC(=O)N1CCC(c2ccccc2)(c2nc(-c3ccccc3F)c3ccccc3n2)CC1. The van der Waals surface area contributed by atoms with Crippen LogP contribution in [0, 0.1) is 5.82 Å². The van der Waals surface area contributed by atoms with Crippen LogP contribution < -0.4 is 0 Å². The first-order chi connectivity index (χ1) is 17.3. The van der Waals surface area contributed by atoms with E-state index in [2.05, 4.69) is 12.1 Å². The molecule has 0 radical (unpaired) electrons. The number of piperidine rings is 1. The lowest BCUT2D eigenvalue weighted by Gasteiger charge is -2.41. The van der Waals surface area contributed by atoms with E-state index in [1.165, 1.54) is 6.07 Å². The molecular weight excluding hydrogens is 453 g/mol. The largest absolute Gasteiger partial charge is 0.444 e. The lowest BCUT2D eigenvalue weighted by atomic mass is 9.72. The summed E-state index contributed by atoms with van der Waals surface area (Å²) in [6.07, 6.45) is 0.951. The average molecular weight is 484 g/mol. The fourth-order valence-corrected chi connectivity index (χ4v) is 4.95. The third kappa shape index (κ3) is 4.55. The zero-order valence-corrected chi connectivity index (χ0v) is 20.9. The van der Waals surface area contributed by atoms with Gasteiger partial charge in [-0.25, -0.2) is 19.2 Å². The maximum Gasteiger partial charge on any atom is 0.410 e. The highest BCUT2D eigenvalue weighted by Crippen LogP contribution is 2.42. The fraction of sp³-hybridized carbons (Fsp3) is 0.300. The third-order valence-corrected chi connectivity index (χ3v) is 6.76. The second-order valence-electron chi connectivity index (χ2n) is 10.3. The van der Waals surface area contributed by atoms with Crippen molar-refractivity contribution >= 4 is 17.0 Å². The Bertz CT molecular complexity index is 1390. The first-order valence-electron chi connectivity index (χ1n) is 12.3. The van der Waals surface area contributed by atoms with Gasteiger partial charge < -0.3 is 9.64 Å². The predicted molar refractivity (Wildman–Crippen MR) is 139 cm³/mol. The van der Waals surface area contributed by atoms with Gasteiger partial charge in [-0.1, -0.05) is 60.7 Å². The molecule has 36 heavy (non-hydrogen) atoms. The van der Waals surface area contributed by atoms with Gasteiger partial charge in [0.25, 0.3) is 0 Å². The zero-order valence-electron chi connectivity index (χ0n) is 20.9. The Morgan fingerprint density at radius 2 is 1.53 bits per heavy atom. The average Bonchev–Trinajstić information content (AvgIpc) is 2.88. The molecule has 3 aromatic carbocycles. The standard InChI is InChI=1S/C30H30FN3O2/c1-29(2,3)36-28(35)34-19-17-30(18-20-34,21-11-5-4-6-12-21)27-32-25-16-10-8-14-23(25)26(33-27)22-13-7-9-15-24(22)31/h4-16H,17-20H2,1-3H3. The van der Waals surface area contributed by atoms with Gasteiger partial charge in [0, 0.05) is 24.0 Å². The van der Waals surface area contributed by atoms with Crippen LogP contribution in [-0.4, -0.2) is 39.7 Å². The molecule has 0 N–H and O–H groups in total. The fourth-order valence-electron chi connectivity index (χ4n) is 4.95. The van der Waals surface area contributed by atoms with Crippen molar-refractivity contribution in [2.45, 2.75) is 44.6 Å². The molecule has 5 rings (SSSR count). The Hall–Kier alpha value is -3.80. The van der Waals surface area contributed by atoms with E-state index in [0.29, 0.717) is 43.0 Å². The molecule has 5 nitrogen and oxygen atoms in total. The lowest BCUT2D eigenvalue weighted by Crippen LogP contribution is -2.48. The summed E-state index contributed by atoms with van der Waals surface area (Å²) < 4.78 is 20.6. The van der Waals surface area contributed by atoms with E-state index in [1.807, 2.05) is 69.3 Å². The van der Waals surface area contributed by atoms with Crippen molar-refractivity contribution in [2.75, 3.05) is 13.1 Å². The second kappa shape index (κ2) is 9.34. The van der Waals surface area contributed by atoms with Crippen molar-refractivity contribution in [2.24, 2.45) is 0 Å². The van der Waals surface area contributed by atoms with Crippen LogP contribution in [0.5, 0.6) is 0 Å². The molecule has 1 saturated heterocycles. The highest BCUT2D eigenvalue weighted by Gasteiger charge is 2.42. The normalized spacial score (nSPS) is 15.6. The molecular formula is C30H30FN3O2. The maximum atomic E-state index is 15.0. The summed E-state index contributed by atoms with van der Waals surface area (Å²) in [6.45, 7) is 6.63. The Morgan fingerprint density at radius 1 is 0.889 bits per heavy atom. The van der Waals surface area contributed by atoms with E-state index in [1.54, 1.807) is 17.0 Å². The summed E-state index contributed by atoms with van der Waals surface area (Å²) in [5, 5.41) is 0.806. The molecule has 2 heterocycles. The quantitative estimate of drug-likeness (QED) is 0.323. The first kappa shape index (κ1) is 23.9. The summed E-state index contributed by atoms with van der Waals surface area (Å²) in [5.41, 5.74) is 1.81. The van der Waals surface area contributed by atoms with Gasteiger partial charge in [0.1, 0.15) is 17.2 Å². The molecule has 0 bridgehead atoms. The molecule has 1 aliphatic heterocycles. The summed E-state index contributed by atoms with van der Waals surface area (Å²) in [4.78, 5) is 24.6. The Labute approximate surface area is 211 Å². The van der Waals surface area contributed by atoms with Crippen molar-refractivity contribution in [3.63, 3.8) is 0 Å². The smallest absolute Gasteiger partial charge is 0.410 e. The molecule has 6 heteroatoms. The maximum absolute atomic E-state index is 15.0. The van der Waals surface area contributed by atoms with E-state index in [9.17, 15) is 9.18 Å². The first-order valence-corrected chi connectivity index (χ1v) is 12.3. The number of ether oxygens (including phenoxy) is 1. The Balaban J connectivity index is 1.63. The minimum absolute atomic E-state index is 0.310. The number of nitrogens with zero attached hydrogens (tertiary/aromatic N) is 3. The van der Waals surface area contributed by atoms with Crippen LogP contribution in [0.25, 0.3) is 22.2 Å². The Morgan fingerprint density at radius 3 is 2.22 bits per heavy atom. The molecule has 184 valence electrons. The van der Waals surface area contributed by atoms with Gasteiger partial charge in [-0.2, -0.15) is 0 Å².